The highest BCUT2D eigenvalue weighted by molar-refractivity contribution is 5.94. The zero-order chi connectivity index (χ0) is 16.8. The molecule has 2 rings (SSSR count). The molecule has 0 aromatic heterocycles. The van der Waals surface area contributed by atoms with Crippen molar-refractivity contribution in [3.8, 4) is 17.2 Å². The second kappa shape index (κ2) is 7.68. The van der Waals surface area contributed by atoms with Crippen LogP contribution in [0.25, 0.3) is 0 Å². The normalized spacial score (nSPS) is 10.3. The highest BCUT2D eigenvalue weighted by Gasteiger charge is 2.08. The molecule has 4 heteroatoms. The Balaban J connectivity index is 1.93. The van der Waals surface area contributed by atoms with Crippen LogP contribution in [0.4, 0.5) is 0 Å². The first-order valence-electron chi connectivity index (χ1n) is 7.53. The molecule has 0 aliphatic rings. The average Bonchev–Trinajstić information content (AvgIpc) is 2.54. The van der Waals surface area contributed by atoms with Gasteiger partial charge in [0.15, 0.2) is 17.3 Å². The number of carbonyl (C=O) groups is 1. The molecule has 0 amide bonds. The minimum atomic E-state index is -0.00638. The predicted octanol–water partition coefficient (Wildman–Crippen LogP) is 3.97. The molecule has 0 spiro atoms. The van der Waals surface area contributed by atoms with E-state index < -0.39 is 0 Å². The van der Waals surface area contributed by atoms with Gasteiger partial charge in [0.1, 0.15) is 19.0 Å². The summed E-state index contributed by atoms with van der Waals surface area (Å²) in [7, 11) is 1.55. The van der Waals surface area contributed by atoms with Gasteiger partial charge in [-0.25, -0.2) is 0 Å². The summed E-state index contributed by atoms with van der Waals surface area (Å²) in [6.07, 6.45) is 0. The molecule has 0 atom stereocenters. The van der Waals surface area contributed by atoms with Crippen LogP contribution in [0.15, 0.2) is 36.4 Å². The summed E-state index contributed by atoms with van der Waals surface area (Å²) in [5, 5.41) is 0. The van der Waals surface area contributed by atoms with Crippen molar-refractivity contribution in [3.63, 3.8) is 0 Å². The van der Waals surface area contributed by atoms with Crippen LogP contribution in [0.3, 0.4) is 0 Å². The topological polar surface area (TPSA) is 44.8 Å². The van der Waals surface area contributed by atoms with E-state index in [1.165, 1.54) is 6.92 Å². The van der Waals surface area contributed by atoms with E-state index in [4.69, 9.17) is 14.2 Å². The van der Waals surface area contributed by atoms with Crippen LogP contribution in [0.5, 0.6) is 17.2 Å². The predicted molar refractivity (Wildman–Crippen MR) is 89.9 cm³/mol. The number of hydrogen-bond acceptors (Lipinski definition) is 4. The molecule has 122 valence electrons. The Bertz CT molecular complexity index is 692. The van der Waals surface area contributed by atoms with Gasteiger partial charge in [-0.1, -0.05) is 12.1 Å². The van der Waals surface area contributed by atoms with Crippen LogP contribution in [-0.2, 0) is 0 Å². The molecule has 0 N–H and O–H groups in total. The van der Waals surface area contributed by atoms with Crippen molar-refractivity contribution in [1.82, 2.24) is 0 Å². The number of carbonyl (C=O) groups excluding carboxylic acids is 1. The summed E-state index contributed by atoms with van der Waals surface area (Å²) in [5.74, 6) is 2.01. The van der Waals surface area contributed by atoms with Crippen LogP contribution >= 0.6 is 0 Å². The van der Waals surface area contributed by atoms with E-state index >= 15 is 0 Å². The lowest BCUT2D eigenvalue weighted by Gasteiger charge is -2.13. The number of methoxy groups -OCH3 is 1. The van der Waals surface area contributed by atoms with Crippen molar-refractivity contribution in [2.45, 2.75) is 20.8 Å². The maximum Gasteiger partial charge on any atom is 0.161 e. The number of rotatable bonds is 7. The SMILES string of the molecule is COc1cc(C(C)=O)ccc1OCCOc1cc(C)ccc1C. The second-order valence-electron chi connectivity index (χ2n) is 5.39. The van der Waals surface area contributed by atoms with Crippen molar-refractivity contribution >= 4 is 5.78 Å². The molecule has 0 saturated heterocycles. The Kier molecular flexibility index (Phi) is 5.63. The fraction of sp³-hybridized carbons (Fsp3) is 0.316. The Morgan fingerprint density at radius 1 is 0.913 bits per heavy atom. The van der Waals surface area contributed by atoms with Crippen LogP contribution < -0.4 is 14.2 Å². The number of Topliss-reactive ketones (excluding diaryl/α,β-unsaturated/α-hetero) is 1. The smallest absolute Gasteiger partial charge is 0.161 e. The molecule has 0 saturated carbocycles. The highest BCUT2D eigenvalue weighted by Crippen LogP contribution is 2.28. The van der Waals surface area contributed by atoms with Crippen LogP contribution in [0, 0.1) is 13.8 Å². The van der Waals surface area contributed by atoms with Crippen LogP contribution in [-0.4, -0.2) is 26.1 Å². The molecule has 0 heterocycles. The summed E-state index contributed by atoms with van der Waals surface area (Å²) in [4.78, 5) is 11.4. The van der Waals surface area contributed by atoms with Crippen molar-refractivity contribution < 1.29 is 19.0 Å². The zero-order valence-corrected chi connectivity index (χ0v) is 14.0. The third-order valence-corrected chi connectivity index (χ3v) is 3.51. The quantitative estimate of drug-likeness (QED) is 0.573. The van der Waals surface area contributed by atoms with Gasteiger partial charge in [-0.05, 0) is 56.2 Å². The molecule has 0 bridgehead atoms. The Morgan fingerprint density at radius 3 is 2.26 bits per heavy atom. The molecular formula is C19H22O4. The van der Waals surface area contributed by atoms with Gasteiger partial charge in [0.05, 0.1) is 7.11 Å². The van der Waals surface area contributed by atoms with Crippen molar-refractivity contribution in [2.75, 3.05) is 20.3 Å². The first kappa shape index (κ1) is 16.9. The monoisotopic (exact) mass is 314 g/mol. The Labute approximate surface area is 137 Å². The van der Waals surface area contributed by atoms with Crippen molar-refractivity contribution in [3.05, 3.63) is 53.1 Å². The van der Waals surface area contributed by atoms with E-state index in [1.807, 2.05) is 26.0 Å². The van der Waals surface area contributed by atoms with Crippen LogP contribution in [0.1, 0.15) is 28.4 Å². The summed E-state index contributed by atoms with van der Waals surface area (Å²) < 4.78 is 16.7. The van der Waals surface area contributed by atoms with Gasteiger partial charge in [0, 0.05) is 5.56 Å². The van der Waals surface area contributed by atoms with Crippen LogP contribution in [0.2, 0.25) is 0 Å². The average molecular weight is 314 g/mol. The summed E-state index contributed by atoms with van der Waals surface area (Å²) in [5.41, 5.74) is 2.85. The maximum atomic E-state index is 11.4. The largest absolute Gasteiger partial charge is 0.493 e. The fourth-order valence-electron chi connectivity index (χ4n) is 2.17. The first-order valence-corrected chi connectivity index (χ1v) is 7.53. The fourth-order valence-corrected chi connectivity index (χ4v) is 2.17. The van der Waals surface area contributed by atoms with Gasteiger partial charge in [-0.2, -0.15) is 0 Å². The molecule has 0 aliphatic carbocycles. The van der Waals surface area contributed by atoms with Crippen molar-refractivity contribution in [2.24, 2.45) is 0 Å². The Hall–Kier alpha value is -2.49. The number of hydrogen-bond donors (Lipinski definition) is 0. The number of ketones is 1. The molecule has 2 aromatic rings. The summed E-state index contributed by atoms with van der Waals surface area (Å²) in [6.45, 7) is 6.39. The molecule has 4 nitrogen and oxygen atoms in total. The molecule has 0 fully saturated rings. The van der Waals surface area contributed by atoms with E-state index in [9.17, 15) is 4.79 Å². The lowest BCUT2D eigenvalue weighted by atomic mass is 10.1. The van der Waals surface area contributed by atoms with Gasteiger partial charge in [0.2, 0.25) is 0 Å². The lowest BCUT2D eigenvalue weighted by molar-refractivity contribution is 0.101. The van der Waals surface area contributed by atoms with Gasteiger partial charge in [-0.15, -0.1) is 0 Å². The third-order valence-electron chi connectivity index (χ3n) is 3.51. The number of aryl methyl sites for hydroxylation is 2. The summed E-state index contributed by atoms with van der Waals surface area (Å²) >= 11 is 0. The van der Waals surface area contributed by atoms with Gasteiger partial charge in [0.25, 0.3) is 0 Å². The van der Waals surface area contributed by atoms with Gasteiger partial charge >= 0.3 is 0 Å². The van der Waals surface area contributed by atoms with E-state index in [1.54, 1.807) is 25.3 Å². The van der Waals surface area contributed by atoms with E-state index in [0.29, 0.717) is 30.3 Å². The second-order valence-corrected chi connectivity index (χ2v) is 5.39. The van der Waals surface area contributed by atoms with E-state index in [0.717, 1.165) is 16.9 Å². The molecular weight excluding hydrogens is 292 g/mol. The molecule has 0 radical (unpaired) electrons. The number of benzene rings is 2. The third kappa shape index (κ3) is 4.49. The maximum absolute atomic E-state index is 11.4. The molecule has 2 aromatic carbocycles. The molecule has 0 unspecified atom stereocenters. The lowest BCUT2D eigenvalue weighted by Crippen LogP contribution is -2.10. The minimum absolute atomic E-state index is 0.00638. The van der Waals surface area contributed by atoms with E-state index in [-0.39, 0.29) is 5.78 Å². The molecule has 23 heavy (non-hydrogen) atoms. The first-order chi connectivity index (χ1) is 11.0. The van der Waals surface area contributed by atoms with Gasteiger partial charge in [-0.3, -0.25) is 4.79 Å². The zero-order valence-electron chi connectivity index (χ0n) is 14.0. The summed E-state index contributed by atoms with van der Waals surface area (Å²) in [6, 6.07) is 11.3. The standard InChI is InChI=1S/C19H22O4/c1-13-5-6-14(2)18(11-13)23-10-9-22-17-8-7-16(15(3)20)12-19(17)21-4/h5-8,11-12H,9-10H2,1-4H3. The highest BCUT2D eigenvalue weighted by atomic mass is 16.5. The number of ether oxygens (including phenoxy) is 3. The minimum Gasteiger partial charge on any atom is -0.493 e. The molecule has 0 aliphatic heterocycles. The van der Waals surface area contributed by atoms with E-state index in [2.05, 4.69) is 6.07 Å². The van der Waals surface area contributed by atoms with Crippen molar-refractivity contribution in [1.29, 1.82) is 0 Å². The Morgan fingerprint density at radius 2 is 1.61 bits per heavy atom. The van der Waals surface area contributed by atoms with Gasteiger partial charge < -0.3 is 14.2 Å².